The molecule has 1 aromatic carbocycles. The fourth-order valence-electron chi connectivity index (χ4n) is 3.01. The Hall–Kier alpha value is -2.04. The molecule has 1 unspecified atom stereocenters. The van der Waals surface area contributed by atoms with Gasteiger partial charge in [-0.25, -0.2) is 4.98 Å². The maximum Gasteiger partial charge on any atom is 0.252 e. The third-order valence-corrected chi connectivity index (χ3v) is 4.96. The summed E-state index contributed by atoms with van der Waals surface area (Å²) < 4.78 is 0. The van der Waals surface area contributed by atoms with E-state index in [1.54, 1.807) is 30.6 Å². The average molecular weight is 360 g/mol. The summed E-state index contributed by atoms with van der Waals surface area (Å²) in [6, 6.07) is 8.82. The minimum atomic E-state index is -0.133. The molecule has 0 spiro atoms. The molecule has 1 atom stereocenters. The Morgan fingerprint density at radius 3 is 2.88 bits per heavy atom. The van der Waals surface area contributed by atoms with Crippen LogP contribution in [0.5, 0.6) is 0 Å². The molecule has 0 bridgehead atoms. The summed E-state index contributed by atoms with van der Waals surface area (Å²) in [5, 5.41) is 5.19. The predicted octanol–water partition coefficient (Wildman–Crippen LogP) is 4.75. The Kier molecular flexibility index (Phi) is 3.94. The van der Waals surface area contributed by atoms with Gasteiger partial charge in [0.1, 0.15) is 5.65 Å². The van der Waals surface area contributed by atoms with Crippen molar-refractivity contribution in [2.75, 3.05) is 0 Å². The van der Waals surface area contributed by atoms with E-state index >= 15 is 0 Å². The van der Waals surface area contributed by atoms with Crippen molar-refractivity contribution in [3.8, 4) is 0 Å². The number of aromatic nitrogens is 2. The van der Waals surface area contributed by atoms with Crippen LogP contribution in [0.1, 0.15) is 34.8 Å². The molecule has 2 aromatic heterocycles. The van der Waals surface area contributed by atoms with E-state index in [0.29, 0.717) is 27.2 Å². The molecule has 122 valence electrons. The van der Waals surface area contributed by atoms with Crippen molar-refractivity contribution in [2.45, 2.75) is 18.9 Å². The second kappa shape index (κ2) is 6.11. The van der Waals surface area contributed by atoms with E-state index in [1.807, 2.05) is 12.1 Å². The fourth-order valence-corrected chi connectivity index (χ4v) is 3.43. The lowest BCUT2D eigenvalue weighted by molar-refractivity contribution is 0.0933. The highest BCUT2D eigenvalue weighted by molar-refractivity contribution is 6.33. The predicted molar refractivity (Wildman–Crippen MR) is 95.5 cm³/mol. The van der Waals surface area contributed by atoms with Crippen LogP contribution in [0.2, 0.25) is 10.0 Å². The van der Waals surface area contributed by atoms with E-state index in [1.165, 1.54) is 0 Å². The second-order valence-electron chi connectivity index (χ2n) is 6.05. The number of nitrogens with one attached hydrogen (secondary N) is 2. The summed E-state index contributed by atoms with van der Waals surface area (Å²) in [5.74, 6) is 0.267. The number of amides is 1. The quantitative estimate of drug-likeness (QED) is 0.705. The molecule has 1 fully saturated rings. The van der Waals surface area contributed by atoms with Gasteiger partial charge in [-0.3, -0.25) is 4.79 Å². The number of pyridine rings is 1. The molecular weight excluding hydrogens is 345 g/mol. The van der Waals surface area contributed by atoms with Crippen LogP contribution < -0.4 is 5.32 Å². The van der Waals surface area contributed by atoms with Gasteiger partial charge in [-0.2, -0.15) is 0 Å². The van der Waals surface area contributed by atoms with E-state index < -0.39 is 0 Å². The second-order valence-corrected chi connectivity index (χ2v) is 6.90. The molecule has 3 aromatic rings. The molecule has 4 nitrogen and oxygen atoms in total. The molecule has 0 aliphatic heterocycles. The minimum Gasteiger partial charge on any atom is -0.346 e. The summed E-state index contributed by atoms with van der Waals surface area (Å²) in [6.45, 7) is 0. The summed E-state index contributed by atoms with van der Waals surface area (Å²) in [5.41, 5.74) is 2.18. The van der Waals surface area contributed by atoms with Crippen molar-refractivity contribution in [1.82, 2.24) is 15.3 Å². The van der Waals surface area contributed by atoms with Crippen LogP contribution in [0.3, 0.4) is 0 Å². The first-order valence-electron chi connectivity index (χ1n) is 7.81. The number of fused-ring (bicyclic) bond motifs is 1. The number of benzene rings is 1. The summed E-state index contributed by atoms with van der Waals surface area (Å²) in [4.78, 5) is 20.1. The molecular formula is C18H15Cl2N3O. The van der Waals surface area contributed by atoms with Crippen molar-refractivity contribution < 1.29 is 4.79 Å². The number of hydrogen-bond acceptors (Lipinski definition) is 2. The number of aromatic amines is 1. The van der Waals surface area contributed by atoms with Crippen LogP contribution in [0.15, 0.2) is 42.7 Å². The highest BCUT2D eigenvalue weighted by atomic mass is 35.5. The molecule has 0 saturated heterocycles. The van der Waals surface area contributed by atoms with Gasteiger partial charge in [0.15, 0.2) is 0 Å². The number of H-pyrrole nitrogens is 1. The van der Waals surface area contributed by atoms with Gasteiger partial charge < -0.3 is 10.3 Å². The van der Waals surface area contributed by atoms with Crippen LogP contribution in [-0.4, -0.2) is 15.9 Å². The zero-order valence-corrected chi connectivity index (χ0v) is 14.2. The molecule has 0 radical (unpaired) electrons. The lowest BCUT2D eigenvalue weighted by Crippen LogP contribution is -2.30. The Bertz CT molecular complexity index is 918. The summed E-state index contributed by atoms with van der Waals surface area (Å²) in [7, 11) is 0. The number of halogens is 2. The monoisotopic (exact) mass is 359 g/mol. The summed E-state index contributed by atoms with van der Waals surface area (Å²) in [6.07, 6.45) is 5.56. The molecule has 4 rings (SSSR count). The van der Waals surface area contributed by atoms with Gasteiger partial charge in [0.05, 0.1) is 11.6 Å². The number of nitrogens with zero attached hydrogens (tertiary/aromatic N) is 1. The van der Waals surface area contributed by atoms with E-state index in [4.69, 9.17) is 23.2 Å². The first-order chi connectivity index (χ1) is 11.6. The third-order valence-electron chi connectivity index (χ3n) is 4.38. The van der Waals surface area contributed by atoms with Crippen LogP contribution >= 0.6 is 23.2 Å². The molecule has 2 heterocycles. The van der Waals surface area contributed by atoms with Crippen LogP contribution in [0, 0.1) is 5.92 Å². The van der Waals surface area contributed by atoms with Crippen molar-refractivity contribution in [3.05, 3.63) is 63.9 Å². The lowest BCUT2D eigenvalue weighted by Gasteiger charge is -2.20. The van der Waals surface area contributed by atoms with Crippen LogP contribution in [-0.2, 0) is 0 Å². The van der Waals surface area contributed by atoms with Gasteiger partial charge in [-0.05, 0) is 54.7 Å². The highest BCUT2D eigenvalue weighted by Crippen LogP contribution is 2.43. The van der Waals surface area contributed by atoms with Gasteiger partial charge in [0.25, 0.3) is 5.91 Å². The SMILES string of the molecule is O=C(NC(c1cc(Cl)ccc1Cl)C1CC1)c1ccnc2[nH]ccc12. The van der Waals surface area contributed by atoms with E-state index in [2.05, 4.69) is 15.3 Å². The van der Waals surface area contributed by atoms with Gasteiger partial charge in [0, 0.05) is 27.8 Å². The van der Waals surface area contributed by atoms with Gasteiger partial charge >= 0.3 is 0 Å². The minimum absolute atomic E-state index is 0.130. The topological polar surface area (TPSA) is 57.8 Å². The highest BCUT2D eigenvalue weighted by Gasteiger charge is 2.35. The maximum absolute atomic E-state index is 12.8. The Morgan fingerprint density at radius 1 is 1.25 bits per heavy atom. The van der Waals surface area contributed by atoms with Gasteiger partial charge in [-0.15, -0.1) is 0 Å². The van der Waals surface area contributed by atoms with E-state index in [-0.39, 0.29) is 11.9 Å². The first kappa shape index (κ1) is 15.5. The van der Waals surface area contributed by atoms with Crippen molar-refractivity contribution >= 4 is 40.1 Å². The first-order valence-corrected chi connectivity index (χ1v) is 8.57. The van der Waals surface area contributed by atoms with Gasteiger partial charge in [0.2, 0.25) is 0 Å². The molecule has 24 heavy (non-hydrogen) atoms. The maximum atomic E-state index is 12.8. The van der Waals surface area contributed by atoms with E-state index in [9.17, 15) is 4.79 Å². The normalized spacial score (nSPS) is 15.4. The molecule has 1 aliphatic rings. The van der Waals surface area contributed by atoms with Crippen molar-refractivity contribution in [2.24, 2.45) is 5.92 Å². The van der Waals surface area contributed by atoms with Crippen LogP contribution in [0.4, 0.5) is 0 Å². The number of carbonyl (C=O) groups is 1. The Balaban J connectivity index is 1.67. The largest absolute Gasteiger partial charge is 0.346 e. The Morgan fingerprint density at radius 2 is 2.08 bits per heavy atom. The third kappa shape index (κ3) is 2.87. The van der Waals surface area contributed by atoms with E-state index in [0.717, 1.165) is 23.8 Å². The Labute approximate surface area is 149 Å². The van der Waals surface area contributed by atoms with Crippen molar-refractivity contribution in [1.29, 1.82) is 0 Å². The van der Waals surface area contributed by atoms with Crippen molar-refractivity contribution in [3.63, 3.8) is 0 Å². The average Bonchev–Trinajstić information content (AvgIpc) is 3.30. The zero-order valence-electron chi connectivity index (χ0n) is 12.7. The molecule has 1 saturated carbocycles. The fraction of sp³-hybridized carbons (Fsp3) is 0.222. The molecule has 2 N–H and O–H groups in total. The molecule has 6 heteroatoms. The number of rotatable bonds is 4. The molecule has 1 aliphatic carbocycles. The van der Waals surface area contributed by atoms with Gasteiger partial charge in [-0.1, -0.05) is 23.2 Å². The smallest absolute Gasteiger partial charge is 0.252 e. The molecule has 1 amide bonds. The zero-order chi connectivity index (χ0) is 16.7. The number of hydrogen-bond donors (Lipinski definition) is 2. The lowest BCUT2D eigenvalue weighted by atomic mass is 10.0. The number of carbonyl (C=O) groups excluding carboxylic acids is 1. The summed E-state index contributed by atoms with van der Waals surface area (Å²) >= 11 is 12.5. The standard InChI is InChI=1S/C18H15Cl2N3O/c19-11-3-4-15(20)14(9-11)16(10-1-2-10)23-18(24)13-6-8-22-17-12(13)5-7-21-17/h3-10,16H,1-2H2,(H,21,22)(H,23,24). The van der Waals surface area contributed by atoms with Crippen LogP contribution in [0.25, 0.3) is 11.0 Å².